The topological polar surface area (TPSA) is 61.8 Å². The third-order valence-electron chi connectivity index (χ3n) is 6.27. The molecule has 2 atom stereocenters. The van der Waals surface area contributed by atoms with Crippen LogP contribution in [0.5, 0.6) is 28.7 Å². The second-order valence-corrected chi connectivity index (χ2v) is 8.30. The van der Waals surface area contributed by atoms with Gasteiger partial charge in [0.15, 0.2) is 23.0 Å². The van der Waals surface area contributed by atoms with Crippen LogP contribution in [-0.2, 0) is 0 Å². The van der Waals surface area contributed by atoms with E-state index >= 15 is 0 Å². The number of ether oxygens (including phenoxy) is 5. The van der Waals surface area contributed by atoms with E-state index in [-0.39, 0.29) is 6.04 Å². The zero-order valence-electron chi connectivity index (χ0n) is 20.5. The highest BCUT2D eigenvalue weighted by Gasteiger charge is 2.42. The Kier molecular flexibility index (Phi) is 6.40. The van der Waals surface area contributed by atoms with Gasteiger partial charge in [-0.15, -0.1) is 0 Å². The molecule has 182 valence electrons. The molecule has 7 heteroatoms. The molecule has 0 aromatic heterocycles. The first kappa shape index (κ1) is 22.9. The molecule has 2 aliphatic heterocycles. The van der Waals surface area contributed by atoms with E-state index in [1.54, 1.807) is 14.2 Å². The lowest BCUT2D eigenvalue weighted by Crippen LogP contribution is -2.34. The van der Waals surface area contributed by atoms with Crippen LogP contribution < -0.4 is 23.7 Å². The molecule has 0 N–H and O–H groups in total. The molecule has 0 saturated carbocycles. The van der Waals surface area contributed by atoms with Gasteiger partial charge in [0.2, 0.25) is 6.23 Å². The van der Waals surface area contributed by atoms with E-state index in [1.807, 2.05) is 61.3 Å². The van der Waals surface area contributed by atoms with E-state index in [9.17, 15) is 0 Å². The zero-order chi connectivity index (χ0) is 24.4. The van der Waals surface area contributed by atoms with Crippen LogP contribution in [0.3, 0.4) is 0 Å². The van der Waals surface area contributed by atoms with Gasteiger partial charge in [-0.05, 0) is 67.9 Å². The summed E-state index contributed by atoms with van der Waals surface area (Å²) < 4.78 is 29.1. The number of para-hydroxylation sites is 1. The molecule has 0 fully saturated rings. The molecule has 2 unspecified atom stereocenters. The van der Waals surface area contributed by atoms with E-state index in [1.165, 1.54) is 0 Å². The zero-order valence-corrected chi connectivity index (χ0v) is 20.5. The molecule has 0 amide bonds. The molecule has 7 nitrogen and oxygen atoms in total. The molecule has 0 bridgehead atoms. The third kappa shape index (κ3) is 4.22. The summed E-state index contributed by atoms with van der Waals surface area (Å²) in [4.78, 5) is 0. The highest BCUT2D eigenvalue weighted by atomic mass is 16.5. The normalized spacial score (nSPS) is 18.2. The Morgan fingerprint density at radius 2 is 1.66 bits per heavy atom. The smallest absolute Gasteiger partial charge is 0.214 e. The number of hydrazone groups is 1. The lowest BCUT2D eigenvalue weighted by Gasteiger charge is -2.38. The van der Waals surface area contributed by atoms with Crippen molar-refractivity contribution < 1.29 is 23.7 Å². The largest absolute Gasteiger partial charge is 0.494 e. The first-order valence-corrected chi connectivity index (χ1v) is 11.9. The van der Waals surface area contributed by atoms with Gasteiger partial charge in [-0.1, -0.05) is 12.1 Å². The van der Waals surface area contributed by atoms with Crippen LogP contribution in [0.2, 0.25) is 0 Å². The van der Waals surface area contributed by atoms with Gasteiger partial charge < -0.3 is 23.7 Å². The van der Waals surface area contributed by atoms with Crippen LogP contribution in [0, 0.1) is 0 Å². The van der Waals surface area contributed by atoms with Crippen molar-refractivity contribution in [2.75, 3.05) is 27.4 Å². The number of nitrogens with zero attached hydrogens (tertiary/aromatic N) is 2. The molecule has 2 aliphatic rings. The molecule has 0 saturated heterocycles. The lowest BCUT2D eigenvalue weighted by atomic mass is 9.95. The van der Waals surface area contributed by atoms with E-state index < -0.39 is 6.23 Å². The second-order valence-electron chi connectivity index (χ2n) is 8.30. The van der Waals surface area contributed by atoms with Gasteiger partial charge in [0.05, 0.1) is 39.2 Å². The van der Waals surface area contributed by atoms with Crippen molar-refractivity contribution in [1.82, 2.24) is 5.01 Å². The van der Waals surface area contributed by atoms with Gasteiger partial charge in [-0.3, -0.25) is 0 Å². The summed E-state index contributed by atoms with van der Waals surface area (Å²) in [6.45, 7) is 5.15. The van der Waals surface area contributed by atoms with Crippen molar-refractivity contribution in [2.24, 2.45) is 5.10 Å². The summed E-state index contributed by atoms with van der Waals surface area (Å²) in [6, 6.07) is 20.0. The average molecular weight is 475 g/mol. The minimum Gasteiger partial charge on any atom is -0.494 e. The van der Waals surface area contributed by atoms with Gasteiger partial charge in [0.1, 0.15) is 5.75 Å². The van der Waals surface area contributed by atoms with Crippen molar-refractivity contribution in [2.45, 2.75) is 32.5 Å². The maximum absolute atomic E-state index is 6.60. The summed E-state index contributed by atoms with van der Waals surface area (Å²) in [7, 11) is 3.26. The maximum atomic E-state index is 6.60. The first-order chi connectivity index (χ1) is 17.2. The summed E-state index contributed by atoms with van der Waals surface area (Å²) >= 11 is 0. The fourth-order valence-corrected chi connectivity index (χ4v) is 4.66. The summed E-state index contributed by atoms with van der Waals surface area (Å²) in [5.41, 5.74) is 4.05. The Morgan fingerprint density at radius 1 is 0.886 bits per heavy atom. The predicted molar refractivity (Wildman–Crippen MR) is 134 cm³/mol. The minimum atomic E-state index is -0.450. The number of hydrogen-bond acceptors (Lipinski definition) is 7. The van der Waals surface area contributed by atoms with Crippen LogP contribution in [-0.4, -0.2) is 38.2 Å². The van der Waals surface area contributed by atoms with Gasteiger partial charge in [-0.2, -0.15) is 5.10 Å². The van der Waals surface area contributed by atoms with Crippen molar-refractivity contribution in [3.63, 3.8) is 0 Å². The number of rotatable bonds is 8. The van der Waals surface area contributed by atoms with Crippen LogP contribution in [0.4, 0.5) is 0 Å². The minimum absolute atomic E-state index is 0.0128. The van der Waals surface area contributed by atoms with Gasteiger partial charge in [0.25, 0.3) is 0 Å². The SMILES string of the molecule is CCOc1ccc(C2=NN3C(C2)c2cccc(OCC)c2OC3c2ccc(OC)c(OC)c2)cc1. The van der Waals surface area contributed by atoms with Crippen LogP contribution in [0.1, 0.15) is 49.2 Å². The van der Waals surface area contributed by atoms with Crippen molar-refractivity contribution in [1.29, 1.82) is 0 Å². The van der Waals surface area contributed by atoms with Crippen molar-refractivity contribution >= 4 is 5.71 Å². The molecule has 3 aromatic carbocycles. The second kappa shape index (κ2) is 9.78. The molecule has 3 aromatic rings. The molecule has 0 spiro atoms. The number of fused-ring (bicyclic) bond motifs is 3. The monoisotopic (exact) mass is 474 g/mol. The Labute approximate surface area is 205 Å². The Balaban J connectivity index is 1.57. The van der Waals surface area contributed by atoms with E-state index in [0.29, 0.717) is 24.7 Å². The van der Waals surface area contributed by atoms with E-state index in [4.69, 9.17) is 28.8 Å². The molecule has 0 radical (unpaired) electrons. The molecular formula is C28H30N2O5. The maximum Gasteiger partial charge on any atom is 0.214 e. The predicted octanol–water partition coefficient (Wildman–Crippen LogP) is 5.74. The molecule has 35 heavy (non-hydrogen) atoms. The molecule has 5 rings (SSSR count). The number of hydrogen-bond donors (Lipinski definition) is 0. The van der Waals surface area contributed by atoms with Gasteiger partial charge in [0, 0.05) is 17.5 Å². The quantitative estimate of drug-likeness (QED) is 0.415. The fraction of sp³-hybridized carbons (Fsp3) is 0.321. The first-order valence-electron chi connectivity index (χ1n) is 11.9. The summed E-state index contributed by atoms with van der Waals surface area (Å²) in [6.07, 6.45) is 0.304. The van der Waals surface area contributed by atoms with Gasteiger partial charge >= 0.3 is 0 Å². The van der Waals surface area contributed by atoms with E-state index in [2.05, 4.69) is 18.2 Å². The molecular weight excluding hydrogens is 444 g/mol. The van der Waals surface area contributed by atoms with Crippen LogP contribution in [0.25, 0.3) is 0 Å². The standard InChI is InChI=1S/C28H30N2O5/c1-5-33-20-13-10-18(11-14-20)22-17-23-21-8-7-9-25(34-6-2)27(21)35-28(30(23)29-22)19-12-15-24(31-3)26(16-19)32-4/h7-16,23,28H,5-6,17H2,1-4H3. The average Bonchev–Trinajstić information content (AvgIpc) is 3.35. The summed E-state index contributed by atoms with van der Waals surface area (Å²) in [5.74, 6) is 3.66. The Bertz CT molecular complexity index is 1220. The number of benzene rings is 3. The summed E-state index contributed by atoms with van der Waals surface area (Å²) in [5, 5.41) is 7.10. The van der Waals surface area contributed by atoms with Crippen molar-refractivity contribution in [3.8, 4) is 28.7 Å². The molecule has 2 heterocycles. The highest BCUT2D eigenvalue weighted by Crippen LogP contribution is 2.51. The van der Waals surface area contributed by atoms with Gasteiger partial charge in [-0.25, -0.2) is 5.01 Å². The fourth-order valence-electron chi connectivity index (χ4n) is 4.66. The van der Waals surface area contributed by atoms with Crippen LogP contribution >= 0.6 is 0 Å². The lowest BCUT2D eigenvalue weighted by molar-refractivity contribution is -0.0213. The third-order valence-corrected chi connectivity index (χ3v) is 6.27. The van der Waals surface area contributed by atoms with E-state index in [0.717, 1.165) is 46.1 Å². The van der Waals surface area contributed by atoms with Crippen molar-refractivity contribution in [3.05, 3.63) is 77.4 Å². The number of methoxy groups -OCH3 is 2. The highest BCUT2D eigenvalue weighted by molar-refractivity contribution is 6.02. The Hall–Kier alpha value is -3.87. The Morgan fingerprint density at radius 3 is 2.37 bits per heavy atom. The van der Waals surface area contributed by atoms with Crippen LogP contribution in [0.15, 0.2) is 65.8 Å². The molecule has 0 aliphatic carbocycles.